The molecule has 1 rings (SSSR count). The number of carboxylic acid groups (broad SMARTS) is 1. The summed E-state index contributed by atoms with van der Waals surface area (Å²) in [6.07, 6.45) is 1.07. The predicted octanol–water partition coefficient (Wildman–Crippen LogP) is -0.410. The average molecular weight is 272 g/mol. The molecule has 0 spiro atoms. The van der Waals surface area contributed by atoms with Gasteiger partial charge in [-0.25, -0.2) is 4.79 Å². The number of nitrogens with zero attached hydrogens (tertiary/aromatic N) is 1. The number of rotatable bonds is 4. The molecule has 19 heavy (non-hydrogen) atoms. The van der Waals surface area contributed by atoms with Crippen LogP contribution in [0.5, 0.6) is 0 Å². The van der Waals surface area contributed by atoms with Gasteiger partial charge in [0.15, 0.2) is 6.04 Å². The summed E-state index contributed by atoms with van der Waals surface area (Å²) in [5, 5.41) is 9.17. The van der Waals surface area contributed by atoms with Crippen molar-refractivity contribution in [2.45, 2.75) is 32.7 Å². The number of esters is 1. The summed E-state index contributed by atoms with van der Waals surface area (Å²) in [6, 6.07) is -1.38. The van der Waals surface area contributed by atoms with Crippen molar-refractivity contribution < 1.29 is 24.2 Å². The molecule has 0 aliphatic carbocycles. The number of aliphatic carboxylic acids is 1. The fraction of sp³-hybridized carbons (Fsp3) is 0.750. The van der Waals surface area contributed by atoms with Crippen LogP contribution >= 0.6 is 0 Å². The second-order valence-corrected chi connectivity index (χ2v) is 4.96. The number of hydrogen-bond donors (Lipinski definition) is 2. The van der Waals surface area contributed by atoms with Crippen molar-refractivity contribution in [3.05, 3.63) is 0 Å². The van der Waals surface area contributed by atoms with Crippen LogP contribution in [0.3, 0.4) is 0 Å². The summed E-state index contributed by atoms with van der Waals surface area (Å²) in [7, 11) is 0. The van der Waals surface area contributed by atoms with Crippen LogP contribution in [0, 0.1) is 5.41 Å². The van der Waals surface area contributed by atoms with Crippen LogP contribution in [0.15, 0.2) is 0 Å². The van der Waals surface area contributed by atoms with E-state index in [1.54, 1.807) is 13.8 Å². The summed E-state index contributed by atoms with van der Waals surface area (Å²) < 4.78 is 4.69. The van der Waals surface area contributed by atoms with Gasteiger partial charge < -0.3 is 20.5 Å². The zero-order valence-corrected chi connectivity index (χ0v) is 11.2. The summed E-state index contributed by atoms with van der Waals surface area (Å²) in [5.74, 6) is -2.31. The fourth-order valence-electron chi connectivity index (χ4n) is 2.13. The Morgan fingerprint density at radius 3 is 2.63 bits per heavy atom. The Bertz CT molecular complexity index is 384. The number of carbonyl (C=O) groups is 3. The van der Waals surface area contributed by atoms with Gasteiger partial charge in [-0.3, -0.25) is 9.59 Å². The van der Waals surface area contributed by atoms with Crippen LogP contribution < -0.4 is 5.73 Å². The Morgan fingerprint density at radius 2 is 2.11 bits per heavy atom. The van der Waals surface area contributed by atoms with Gasteiger partial charge in [-0.1, -0.05) is 0 Å². The van der Waals surface area contributed by atoms with E-state index in [0.717, 1.165) is 0 Å². The molecule has 1 saturated heterocycles. The third-order valence-electron chi connectivity index (χ3n) is 3.33. The predicted molar refractivity (Wildman–Crippen MR) is 66.2 cm³/mol. The molecular weight excluding hydrogens is 252 g/mol. The number of nitrogens with two attached hydrogens (primary N) is 1. The molecule has 108 valence electrons. The smallest absolute Gasteiger partial charge is 0.332 e. The Balaban J connectivity index is 2.72. The van der Waals surface area contributed by atoms with Crippen LogP contribution in [0.4, 0.5) is 0 Å². The van der Waals surface area contributed by atoms with Gasteiger partial charge in [-0.2, -0.15) is 0 Å². The van der Waals surface area contributed by atoms with Crippen LogP contribution in [-0.4, -0.2) is 53.6 Å². The van der Waals surface area contributed by atoms with Gasteiger partial charge in [0.1, 0.15) is 0 Å². The van der Waals surface area contributed by atoms with Crippen molar-refractivity contribution in [2.75, 3.05) is 19.7 Å². The van der Waals surface area contributed by atoms with Crippen molar-refractivity contribution in [1.29, 1.82) is 0 Å². The van der Waals surface area contributed by atoms with Crippen LogP contribution in [0.2, 0.25) is 0 Å². The van der Waals surface area contributed by atoms with Crippen molar-refractivity contribution in [2.24, 2.45) is 11.1 Å². The normalized spacial score (nSPS) is 24.7. The van der Waals surface area contributed by atoms with E-state index in [1.807, 2.05) is 0 Å². The van der Waals surface area contributed by atoms with E-state index in [2.05, 4.69) is 4.74 Å². The maximum absolute atomic E-state index is 12.0. The first-order valence-corrected chi connectivity index (χ1v) is 6.26. The molecule has 2 unspecified atom stereocenters. The molecule has 2 atom stereocenters. The van der Waals surface area contributed by atoms with Gasteiger partial charge >= 0.3 is 11.9 Å². The highest BCUT2D eigenvalue weighted by Gasteiger charge is 2.41. The number of piperidine rings is 1. The third kappa shape index (κ3) is 3.44. The van der Waals surface area contributed by atoms with Gasteiger partial charge in [-0.15, -0.1) is 0 Å². The van der Waals surface area contributed by atoms with Crippen molar-refractivity contribution in [3.63, 3.8) is 0 Å². The van der Waals surface area contributed by atoms with E-state index < -0.39 is 29.3 Å². The van der Waals surface area contributed by atoms with E-state index in [1.165, 1.54) is 4.90 Å². The Kier molecular flexibility index (Phi) is 4.88. The molecule has 0 saturated carbocycles. The van der Waals surface area contributed by atoms with Crippen molar-refractivity contribution >= 4 is 17.8 Å². The van der Waals surface area contributed by atoms with Gasteiger partial charge in [0, 0.05) is 13.1 Å². The number of amides is 1. The van der Waals surface area contributed by atoms with Crippen LogP contribution in [0.1, 0.15) is 26.7 Å². The molecular formula is C12H20N2O5. The lowest BCUT2D eigenvalue weighted by molar-refractivity contribution is -0.156. The monoisotopic (exact) mass is 272 g/mol. The molecule has 7 nitrogen and oxygen atoms in total. The molecule has 3 N–H and O–H groups in total. The summed E-state index contributed by atoms with van der Waals surface area (Å²) >= 11 is 0. The first-order chi connectivity index (χ1) is 8.81. The minimum Gasteiger partial charge on any atom is -0.481 e. The van der Waals surface area contributed by atoms with Gasteiger partial charge in [-0.05, 0) is 26.7 Å². The summed E-state index contributed by atoms with van der Waals surface area (Å²) in [6.45, 7) is 3.83. The first kappa shape index (κ1) is 15.4. The third-order valence-corrected chi connectivity index (χ3v) is 3.33. The first-order valence-electron chi connectivity index (χ1n) is 6.26. The Morgan fingerprint density at radius 1 is 1.47 bits per heavy atom. The fourth-order valence-corrected chi connectivity index (χ4v) is 2.13. The van der Waals surface area contributed by atoms with Gasteiger partial charge in [0.25, 0.3) is 5.91 Å². The molecule has 0 aromatic rings. The molecule has 1 fully saturated rings. The van der Waals surface area contributed by atoms with Crippen LogP contribution in [0.25, 0.3) is 0 Å². The summed E-state index contributed by atoms with van der Waals surface area (Å²) in [4.78, 5) is 36.0. The Hall–Kier alpha value is -1.63. The molecule has 1 aliphatic heterocycles. The molecule has 0 aromatic heterocycles. The second-order valence-electron chi connectivity index (χ2n) is 4.96. The van der Waals surface area contributed by atoms with Crippen molar-refractivity contribution in [1.82, 2.24) is 4.90 Å². The van der Waals surface area contributed by atoms with E-state index >= 15 is 0 Å². The minimum atomic E-state index is -1.38. The maximum Gasteiger partial charge on any atom is 0.332 e. The van der Waals surface area contributed by atoms with Gasteiger partial charge in [0.2, 0.25) is 0 Å². The molecule has 0 aromatic carbocycles. The standard InChI is InChI=1S/C12H20N2O5/c1-3-19-10(16)8(13)9(15)14-6-4-5-12(2,7-14)11(17)18/h8H,3-7,13H2,1-2H3,(H,17,18). The number of likely N-dealkylation sites (tertiary alicyclic amines) is 1. The summed E-state index contributed by atoms with van der Waals surface area (Å²) in [5.41, 5.74) is 4.55. The highest BCUT2D eigenvalue weighted by Crippen LogP contribution is 2.29. The quantitative estimate of drug-likeness (QED) is 0.532. The molecule has 0 radical (unpaired) electrons. The zero-order valence-electron chi connectivity index (χ0n) is 11.2. The lowest BCUT2D eigenvalue weighted by Gasteiger charge is -2.38. The lowest BCUT2D eigenvalue weighted by Crippen LogP contribution is -2.55. The largest absolute Gasteiger partial charge is 0.481 e. The number of ether oxygens (including phenoxy) is 1. The number of carbonyl (C=O) groups excluding carboxylic acids is 2. The van der Waals surface area contributed by atoms with E-state index in [9.17, 15) is 14.4 Å². The van der Waals surface area contributed by atoms with E-state index in [-0.39, 0.29) is 13.2 Å². The highest BCUT2D eigenvalue weighted by molar-refractivity contribution is 6.01. The SMILES string of the molecule is CCOC(=O)C(N)C(=O)N1CCCC(C)(C(=O)O)C1. The Labute approximate surface area is 111 Å². The molecule has 7 heteroatoms. The average Bonchev–Trinajstić information content (AvgIpc) is 2.37. The molecule has 1 aliphatic rings. The maximum atomic E-state index is 12.0. The van der Waals surface area contributed by atoms with E-state index in [4.69, 9.17) is 10.8 Å². The minimum absolute atomic E-state index is 0.0638. The highest BCUT2D eigenvalue weighted by atomic mass is 16.5. The zero-order chi connectivity index (χ0) is 14.6. The molecule has 0 bridgehead atoms. The second kappa shape index (κ2) is 6.01. The van der Waals surface area contributed by atoms with E-state index in [0.29, 0.717) is 19.4 Å². The number of hydrogen-bond acceptors (Lipinski definition) is 5. The van der Waals surface area contributed by atoms with Crippen LogP contribution in [-0.2, 0) is 19.1 Å². The topological polar surface area (TPSA) is 110 Å². The lowest BCUT2D eigenvalue weighted by atomic mass is 9.82. The number of carboxylic acids is 1. The van der Waals surface area contributed by atoms with Crippen molar-refractivity contribution in [3.8, 4) is 0 Å². The molecule has 1 heterocycles. The molecule has 1 amide bonds. The van der Waals surface area contributed by atoms with Gasteiger partial charge in [0.05, 0.1) is 12.0 Å².